The number of carbonyl (C=O) groups excluding carboxylic acids is 2. The van der Waals surface area contributed by atoms with Gasteiger partial charge >= 0.3 is 10.3 Å². The lowest BCUT2D eigenvalue weighted by molar-refractivity contribution is -0.164. The van der Waals surface area contributed by atoms with Crippen molar-refractivity contribution in [3.63, 3.8) is 0 Å². The highest BCUT2D eigenvalue weighted by Gasteiger charge is 2.37. The minimum atomic E-state index is -4.63. The predicted molar refractivity (Wildman–Crippen MR) is 54.3 cm³/mol. The van der Waals surface area contributed by atoms with Crippen molar-refractivity contribution in [3.05, 3.63) is 4.91 Å². The number of alkyl halides is 1. The highest BCUT2D eigenvalue weighted by Crippen LogP contribution is 2.16. The largest absolute Gasteiger partial charge is 0.401 e. The van der Waals surface area contributed by atoms with Crippen LogP contribution in [-0.2, 0) is 24.2 Å². The second-order valence-corrected chi connectivity index (χ2v) is 4.73. The van der Waals surface area contributed by atoms with Gasteiger partial charge in [0, 0.05) is 18.7 Å². The van der Waals surface area contributed by atoms with Crippen molar-refractivity contribution in [2.45, 2.75) is 12.8 Å². The Morgan fingerprint density at radius 1 is 1.35 bits per heavy atom. The molecule has 2 amide bonds. The molecule has 1 saturated heterocycles. The Balaban J connectivity index is 2.81. The summed E-state index contributed by atoms with van der Waals surface area (Å²) in [5, 5.41) is 2.28. The minimum Gasteiger partial charge on any atom is -0.272 e. The Bertz CT molecular complexity index is 421. The summed E-state index contributed by atoms with van der Waals surface area (Å²) < 4.78 is 27.0. The van der Waals surface area contributed by atoms with E-state index in [1.807, 2.05) is 0 Å². The highest BCUT2D eigenvalue weighted by molar-refractivity contribution is 7.84. The van der Waals surface area contributed by atoms with Crippen molar-refractivity contribution < 1.29 is 22.3 Å². The molecule has 0 radical (unpaired) electrons. The number of imide groups is 1. The molecule has 11 heteroatoms. The normalized spacial score (nSPS) is 16.4. The summed E-state index contributed by atoms with van der Waals surface area (Å²) in [5.74, 6) is -1.79. The summed E-state index contributed by atoms with van der Waals surface area (Å²) in [6.45, 7) is -0.427. The molecule has 0 aromatic heterocycles. The first kappa shape index (κ1) is 13.8. The number of halogens is 1. The second-order valence-electron chi connectivity index (χ2n) is 2.93. The third-order valence-corrected chi connectivity index (χ3v) is 3.07. The summed E-state index contributed by atoms with van der Waals surface area (Å²) in [6.07, 6.45) is -0.281. The average Bonchev–Trinajstić information content (AvgIpc) is 2.57. The van der Waals surface area contributed by atoms with Gasteiger partial charge in [-0.25, -0.2) is 0 Å². The minimum absolute atomic E-state index is 0.0128. The fourth-order valence-corrected chi connectivity index (χ4v) is 2.13. The van der Waals surface area contributed by atoms with E-state index in [0.717, 1.165) is 0 Å². The van der Waals surface area contributed by atoms with Gasteiger partial charge in [0.15, 0.2) is 0 Å². The van der Waals surface area contributed by atoms with E-state index in [0.29, 0.717) is 0 Å². The van der Waals surface area contributed by atoms with E-state index in [9.17, 15) is 22.9 Å². The summed E-state index contributed by atoms with van der Waals surface area (Å²) in [6, 6.07) is 0. The lowest BCUT2D eigenvalue weighted by Crippen LogP contribution is -2.38. The fraction of sp³-hybridized carbons (Fsp3) is 0.667. The third-order valence-electron chi connectivity index (χ3n) is 1.80. The molecule has 17 heavy (non-hydrogen) atoms. The summed E-state index contributed by atoms with van der Waals surface area (Å²) in [4.78, 5) is 32.4. The first-order valence-electron chi connectivity index (χ1n) is 4.39. The van der Waals surface area contributed by atoms with Crippen molar-refractivity contribution in [2.75, 3.05) is 12.4 Å². The molecule has 0 spiro atoms. The van der Waals surface area contributed by atoms with Gasteiger partial charge in [0.2, 0.25) is 0 Å². The van der Waals surface area contributed by atoms with Crippen molar-refractivity contribution in [1.29, 1.82) is 0 Å². The maximum atomic E-state index is 11.4. The molecule has 1 fully saturated rings. The van der Waals surface area contributed by atoms with Gasteiger partial charge in [-0.3, -0.25) is 9.59 Å². The van der Waals surface area contributed by atoms with Crippen LogP contribution in [0.4, 0.5) is 0 Å². The van der Waals surface area contributed by atoms with E-state index < -0.39 is 28.7 Å². The van der Waals surface area contributed by atoms with Crippen LogP contribution in [-0.4, -0.2) is 42.1 Å². The Labute approximate surface area is 101 Å². The van der Waals surface area contributed by atoms with Crippen molar-refractivity contribution >= 4 is 33.7 Å². The molecule has 0 atom stereocenters. The average molecular weight is 286 g/mol. The number of rotatable bonds is 6. The van der Waals surface area contributed by atoms with Crippen molar-refractivity contribution in [2.24, 2.45) is 5.29 Å². The molecule has 0 saturated carbocycles. The summed E-state index contributed by atoms with van der Waals surface area (Å²) in [7, 11) is -4.63. The second kappa shape index (κ2) is 5.38. The number of nitrogens with zero attached hydrogens (tertiary/aromatic N) is 3. The highest BCUT2D eigenvalue weighted by atomic mass is 35.5. The molecule has 0 unspecified atom stereocenters. The van der Waals surface area contributed by atoms with E-state index in [-0.39, 0.29) is 28.2 Å². The zero-order valence-corrected chi connectivity index (χ0v) is 9.98. The van der Waals surface area contributed by atoms with Crippen molar-refractivity contribution in [3.8, 4) is 0 Å². The Hall–Kier alpha value is -1.26. The van der Waals surface area contributed by atoms with Crippen LogP contribution in [0.25, 0.3) is 0 Å². The Kier molecular flexibility index (Phi) is 4.37. The molecular weight excluding hydrogens is 278 g/mol. The van der Waals surface area contributed by atoms with Gasteiger partial charge in [0.25, 0.3) is 11.8 Å². The van der Waals surface area contributed by atoms with Gasteiger partial charge in [-0.15, -0.1) is 30.3 Å². The lowest BCUT2D eigenvalue weighted by Gasteiger charge is -2.17. The predicted octanol–water partition coefficient (Wildman–Crippen LogP) is -0.466. The van der Waals surface area contributed by atoms with Crippen LogP contribution < -0.4 is 0 Å². The molecular formula is C6H8ClN3O6S. The summed E-state index contributed by atoms with van der Waals surface area (Å²) in [5.41, 5.74) is 0. The molecule has 1 aliphatic rings. The molecule has 0 aromatic rings. The first-order valence-corrected chi connectivity index (χ1v) is 6.29. The Morgan fingerprint density at radius 3 is 2.29 bits per heavy atom. The van der Waals surface area contributed by atoms with Crippen LogP contribution in [0.5, 0.6) is 0 Å². The first-order chi connectivity index (χ1) is 7.92. The van der Waals surface area contributed by atoms with Gasteiger partial charge in [-0.1, -0.05) is 0 Å². The van der Waals surface area contributed by atoms with Gasteiger partial charge in [-0.05, 0) is 0 Å². The molecule has 0 aromatic carbocycles. The lowest BCUT2D eigenvalue weighted by atomic mass is 10.4. The third kappa shape index (κ3) is 3.11. The smallest absolute Gasteiger partial charge is 0.272 e. The van der Waals surface area contributed by atoms with E-state index in [2.05, 4.69) is 9.57 Å². The SMILES string of the molecule is O=NN(CCCl)S(=O)(=O)ON1C(=O)CCC1=O. The van der Waals surface area contributed by atoms with Crippen LogP contribution in [0.2, 0.25) is 0 Å². The zero-order chi connectivity index (χ0) is 13.1. The molecule has 0 bridgehead atoms. The number of nitroso groups, excluding NO2 is 1. The standard InChI is InChI=1S/C6H8ClN3O6S/c7-3-4-9(8-13)17(14,15)16-10-5(11)1-2-6(10)12/h1-4H2. The number of hydrogen-bond acceptors (Lipinski definition) is 7. The van der Waals surface area contributed by atoms with Crippen molar-refractivity contribution in [1.82, 2.24) is 9.48 Å². The molecule has 0 aliphatic carbocycles. The molecule has 0 N–H and O–H groups in total. The van der Waals surface area contributed by atoms with Gasteiger partial charge in [0.1, 0.15) is 0 Å². The number of hydroxylamine groups is 2. The van der Waals surface area contributed by atoms with Crippen LogP contribution in [0.15, 0.2) is 5.29 Å². The fourth-order valence-electron chi connectivity index (χ4n) is 1.04. The van der Waals surface area contributed by atoms with Gasteiger partial charge in [-0.2, -0.15) is 8.42 Å². The maximum Gasteiger partial charge on any atom is 0.401 e. The van der Waals surface area contributed by atoms with Crippen LogP contribution >= 0.6 is 11.6 Å². The molecule has 96 valence electrons. The van der Waals surface area contributed by atoms with E-state index >= 15 is 0 Å². The number of amides is 2. The number of hydrogen-bond donors (Lipinski definition) is 0. The van der Waals surface area contributed by atoms with Crippen LogP contribution in [0.3, 0.4) is 0 Å². The van der Waals surface area contributed by atoms with Gasteiger partial charge in [0.05, 0.1) is 11.8 Å². The van der Waals surface area contributed by atoms with E-state index in [4.69, 9.17) is 11.6 Å². The van der Waals surface area contributed by atoms with Gasteiger partial charge < -0.3 is 0 Å². The van der Waals surface area contributed by atoms with Crippen LogP contribution in [0.1, 0.15) is 12.8 Å². The zero-order valence-electron chi connectivity index (χ0n) is 8.41. The molecule has 1 rings (SSSR count). The quantitative estimate of drug-likeness (QED) is 0.282. The van der Waals surface area contributed by atoms with E-state index in [1.165, 1.54) is 0 Å². The van der Waals surface area contributed by atoms with E-state index in [1.54, 1.807) is 0 Å². The topological polar surface area (TPSA) is 113 Å². The number of carbonyl (C=O) groups is 2. The monoisotopic (exact) mass is 285 g/mol. The molecule has 1 aliphatic heterocycles. The maximum absolute atomic E-state index is 11.4. The molecule has 9 nitrogen and oxygen atoms in total. The Morgan fingerprint density at radius 2 is 1.88 bits per heavy atom. The summed E-state index contributed by atoms with van der Waals surface area (Å²) >= 11 is 5.25. The van der Waals surface area contributed by atoms with Crippen LogP contribution in [0, 0.1) is 4.91 Å². The molecule has 1 heterocycles.